The molecule has 1 unspecified atom stereocenters. The maximum atomic E-state index is 6.34. The lowest BCUT2D eigenvalue weighted by Gasteiger charge is -2.21. The van der Waals surface area contributed by atoms with Crippen LogP contribution in [0.4, 0.5) is 5.69 Å². The Balaban J connectivity index is 1.65. The van der Waals surface area contributed by atoms with E-state index in [1.807, 2.05) is 53.5 Å². The Bertz CT molecular complexity index is 782. The van der Waals surface area contributed by atoms with Crippen LogP contribution in [0.15, 0.2) is 60.3 Å². The van der Waals surface area contributed by atoms with E-state index in [1.165, 1.54) is 0 Å². The van der Waals surface area contributed by atoms with Gasteiger partial charge in [-0.3, -0.25) is 5.01 Å². The summed E-state index contributed by atoms with van der Waals surface area (Å²) in [5.41, 5.74) is 6.64. The molecule has 0 saturated heterocycles. The third kappa shape index (κ3) is 5.23. The van der Waals surface area contributed by atoms with Crippen molar-refractivity contribution in [2.75, 3.05) is 32.4 Å². The minimum atomic E-state index is 0.145. The summed E-state index contributed by atoms with van der Waals surface area (Å²) in [7, 11) is 3.38. The van der Waals surface area contributed by atoms with Gasteiger partial charge >= 0.3 is 0 Å². The van der Waals surface area contributed by atoms with E-state index in [1.54, 1.807) is 14.2 Å². The second-order valence-corrected chi connectivity index (χ2v) is 6.74. The van der Waals surface area contributed by atoms with Gasteiger partial charge < -0.3 is 14.2 Å². The molecule has 5 nitrogen and oxygen atoms in total. The van der Waals surface area contributed by atoms with Crippen molar-refractivity contribution in [1.82, 2.24) is 5.43 Å². The van der Waals surface area contributed by atoms with Crippen molar-refractivity contribution < 1.29 is 14.2 Å². The summed E-state index contributed by atoms with van der Waals surface area (Å²) in [4.78, 5) is 0. The largest absolute Gasteiger partial charge is 0.497 e. The van der Waals surface area contributed by atoms with E-state index >= 15 is 0 Å². The summed E-state index contributed by atoms with van der Waals surface area (Å²) in [5, 5.41) is 2.66. The number of hydrazine groups is 1. The fraction of sp³-hybridized carbons (Fsp3) is 0.333. The lowest BCUT2D eigenvalue weighted by Crippen LogP contribution is -2.37. The highest BCUT2D eigenvalue weighted by molar-refractivity contribution is 6.33. The number of methoxy groups -OCH3 is 2. The smallest absolute Gasteiger partial charge is 0.119 e. The Hall–Kier alpha value is -2.05. The fourth-order valence-corrected chi connectivity index (χ4v) is 3.23. The number of rotatable bonds is 9. The molecule has 0 aromatic heterocycles. The van der Waals surface area contributed by atoms with Gasteiger partial charge in [-0.1, -0.05) is 35.9 Å². The monoisotopic (exact) mass is 388 g/mol. The Morgan fingerprint density at radius 3 is 2.70 bits per heavy atom. The molecule has 1 aliphatic heterocycles. The minimum absolute atomic E-state index is 0.145. The Morgan fingerprint density at radius 1 is 1.07 bits per heavy atom. The van der Waals surface area contributed by atoms with E-state index in [0.717, 1.165) is 29.0 Å². The number of benzene rings is 2. The molecule has 144 valence electrons. The Kier molecular flexibility index (Phi) is 7.12. The topological polar surface area (TPSA) is 43.0 Å². The van der Waals surface area contributed by atoms with Gasteiger partial charge in [0, 0.05) is 19.9 Å². The van der Waals surface area contributed by atoms with Crippen molar-refractivity contribution in [3.05, 3.63) is 70.9 Å². The normalized spacial score (nSPS) is 16.5. The first kappa shape index (κ1) is 19.7. The molecule has 2 aromatic carbocycles. The number of nitrogens with one attached hydrogen (secondary N) is 1. The lowest BCUT2D eigenvalue weighted by atomic mass is 10.1. The van der Waals surface area contributed by atoms with Crippen LogP contribution in [0.3, 0.4) is 0 Å². The van der Waals surface area contributed by atoms with Crippen LogP contribution in [0.5, 0.6) is 5.75 Å². The highest BCUT2D eigenvalue weighted by atomic mass is 35.5. The number of ether oxygens (including phenoxy) is 3. The van der Waals surface area contributed by atoms with Gasteiger partial charge in [-0.15, -0.1) is 0 Å². The summed E-state index contributed by atoms with van der Waals surface area (Å²) < 4.78 is 16.5. The fourth-order valence-electron chi connectivity index (χ4n) is 3.00. The van der Waals surface area contributed by atoms with E-state index in [9.17, 15) is 0 Å². The molecule has 0 spiro atoms. The molecule has 1 atom stereocenters. The first-order valence-electron chi connectivity index (χ1n) is 8.91. The van der Waals surface area contributed by atoms with Crippen LogP contribution in [0, 0.1) is 0 Å². The van der Waals surface area contributed by atoms with E-state index in [-0.39, 0.29) is 6.04 Å². The first-order valence-corrected chi connectivity index (χ1v) is 9.29. The molecule has 1 N–H and O–H groups in total. The number of para-hydroxylation sites is 1. The summed E-state index contributed by atoms with van der Waals surface area (Å²) in [6.45, 7) is 1.72. The van der Waals surface area contributed by atoms with Crippen LogP contribution in [0.25, 0.3) is 0 Å². The molecule has 0 aliphatic carbocycles. The Labute approximate surface area is 165 Å². The molecule has 0 amide bonds. The zero-order chi connectivity index (χ0) is 19.1. The molecular formula is C21H25ClN2O3. The predicted molar refractivity (Wildman–Crippen MR) is 108 cm³/mol. The van der Waals surface area contributed by atoms with Crippen molar-refractivity contribution >= 4 is 17.3 Å². The van der Waals surface area contributed by atoms with E-state index < -0.39 is 0 Å². The summed E-state index contributed by atoms with van der Waals surface area (Å²) >= 11 is 6.34. The van der Waals surface area contributed by atoms with E-state index in [2.05, 4.69) is 11.6 Å². The quantitative estimate of drug-likeness (QED) is 0.698. The van der Waals surface area contributed by atoms with Gasteiger partial charge in [0.25, 0.3) is 0 Å². The van der Waals surface area contributed by atoms with Crippen LogP contribution < -0.4 is 15.2 Å². The van der Waals surface area contributed by atoms with E-state index in [0.29, 0.717) is 24.8 Å². The molecule has 0 radical (unpaired) electrons. The van der Waals surface area contributed by atoms with Gasteiger partial charge in [0.1, 0.15) is 5.75 Å². The van der Waals surface area contributed by atoms with Crippen molar-refractivity contribution in [2.24, 2.45) is 0 Å². The predicted octanol–water partition coefficient (Wildman–Crippen LogP) is 4.18. The van der Waals surface area contributed by atoms with Crippen LogP contribution in [-0.2, 0) is 16.1 Å². The van der Waals surface area contributed by atoms with Gasteiger partial charge in [0.15, 0.2) is 0 Å². The zero-order valence-electron chi connectivity index (χ0n) is 15.7. The molecule has 0 saturated carbocycles. The van der Waals surface area contributed by atoms with Gasteiger partial charge in [-0.05, 0) is 41.8 Å². The zero-order valence-corrected chi connectivity index (χ0v) is 16.4. The standard InChI is InChI=1S/C21H25ClN2O3/c1-25-11-10-20-17(13-24(23-20)21-9-4-3-8-19(21)22)15-27-14-16-6-5-7-18(12-16)26-2/h3-9,12-13,20,23H,10-11,14-15H2,1-2H3. The molecular weight excluding hydrogens is 364 g/mol. The highest BCUT2D eigenvalue weighted by Crippen LogP contribution is 2.29. The van der Waals surface area contributed by atoms with Crippen LogP contribution in [0.1, 0.15) is 12.0 Å². The molecule has 1 aliphatic rings. The van der Waals surface area contributed by atoms with Gasteiger partial charge in [0.05, 0.1) is 37.1 Å². The van der Waals surface area contributed by atoms with Gasteiger partial charge in [-0.2, -0.15) is 0 Å². The minimum Gasteiger partial charge on any atom is -0.497 e. The van der Waals surface area contributed by atoms with Crippen LogP contribution in [-0.4, -0.2) is 33.5 Å². The van der Waals surface area contributed by atoms with Crippen molar-refractivity contribution in [1.29, 1.82) is 0 Å². The maximum Gasteiger partial charge on any atom is 0.119 e. The lowest BCUT2D eigenvalue weighted by molar-refractivity contribution is 0.135. The molecule has 3 rings (SSSR count). The summed E-state index contributed by atoms with van der Waals surface area (Å²) in [6.07, 6.45) is 2.92. The van der Waals surface area contributed by atoms with Gasteiger partial charge in [0.2, 0.25) is 0 Å². The summed E-state index contributed by atoms with van der Waals surface area (Å²) in [5.74, 6) is 0.834. The molecule has 1 heterocycles. The van der Waals surface area contributed by atoms with Crippen molar-refractivity contribution in [2.45, 2.75) is 19.1 Å². The number of halogens is 1. The average Bonchev–Trinajstić information content (AvgIpc) is 3.09. The second kappa shape index (κ2) is 9.76. The first-order chi connectivity index (χ1) is 13.2. The summed E-state index contributed by atoms with van der Waals surface area (Å²) in [6, 6.07) is 15.8. The van der Waals surface area contributed by atoms with Gasteiger partial charge in [-0.25, -0.2) is 5.43 Å². The molecule has 6 heteroatoms. The molecule has 2 aromatic rings. The third-order valence-electron chi connectivity index (χ3n) is 4.43. The second-order valence-electron chi connectivity index (χ2n) is 6.33. The number of hydrogen-bond acceptors (Lipinski definition) is 5. The maximum absolute atomic E-state index is 6.34. The van der Waals surface area contributed by atoms with Crippen molar-refractivity contribution in [3.63, 3.8) is 0 Å². The van der Waals surface area contributed by atoms with E-state index in [4.69, 9.17) is 25.8 Å². The van der Waals surface area contributed by atoms with Crippen molar-refractivity contribution in [3.8, 4) is 5.75 Å². The highest BCUT2D eigenvalue weighted by Gasteiger charge is 2.25. The molecule has 27 heavy (non-hydrogen) atoms. The average molecular weight is 389 g/mol. The third-order valence-corrected chi connectivity index (χ3v) is 4.75. The number of hydrogen-bond donors (Lipinski definition) is 1. The number of nitrogens with zero attached hydrogens (tertiary/aromatic N) is 1. The molecule has 0 bridgehead atoms. The van der Waals surface area contributed by atoms with Crippen LogP contribution in [0.2, 0.25) is 5.02 Å². The molecule has 0 fully saturated rings. The van der Waals surface area contributed by atoms with Crippen LogP contribution >= 0.6 is 11.6 Å². The number of anilines is 1. The SMILES string of the molecule is COCCC1NN(c2ccccc2Cl)C=C1COCc1cccc(OC)c1. The Morgan fingerprint density at radius 2 is 1.93 bits per heavy atom.